The Morgan fingerprint density at radius 3 is 2.57 bits per heavy atom. The SMILES string of the molecule is COc1ccc(-n2c3c(c4c(N)c5c(nc42)CC(C)(C)C(C)C5=O)CCCC3)cc1. The number of anilines is 1. The van der Waals surface area contributed by atoms with Gasteiger partial charge in [0.2, 0.25) is 0 Å². The fraction of sp³-hybridized carbons (Fsp3) is 0.440. The minimum absolute atomic E-state index is 0.0638. The van der Waals surface area contributed by atoms with Crippen LogP contribution in [0.2, 0.25) is 0 Å². The van der Waals surface area contributed by atoms with E-state index in [1.807, 2.05) is 19.1 Å². The maximum atomic E-state index is 13.3. The Morgan fingerprint density at radius 2 is 1.87 bits per heavy atom. The van der Waals surface area contributed by atoms with Crippen molar-refractivity contribution in [2.24, 2.45) is 11.3 Å². The molecule has 0 spiro atoms. The molecule has 0 amide bonds. The molecule has 0 radical (unpaired) electrons. The quantitative estimate of drug-likeness (QED) is 0.661. The molecule has 2 heterocycles. The van der Waals surface area contributed by atoms with Crippen molar-refractivity contribution < 1.29 is 9.53 Å². The summed E-state index contributed by atoms with van der Waals surface area (Å²) >= 11 is 0. The zero-order chi connectivity index (χ0) is 21.2. The molecule has 1 atom stereocenters. The van der Waals surface area contributed by atoms with Crippen molar-refractivity contribution in [3.63, 3.8) is 0 Å². The van der Waals surface area contributed by atoms with Gasteiger partial charge in [-0.25, -0.2) is 4.98 Å². The van der Waals surface area contributed by atoms with E-state index in [-0.39, 0.29) is 17.1 Å². The van der Waals surface area contributed by atoms with Gasteiger partial charge in [0.25, 0.3) is 0 Å². The number of fused-ring (bicyclic) bond motifs is 4. The molecule has 30 heavy (non-hydrogen) atoms. The first-order valence-electron chi connectivity index (χ1n) is 10.9. The lowest BCUT2D eigenvalue weighted by atomic mass is 9.68. The molecule has 0 aliphatic heterocycles. The molecule has 156 valence electrons. The van der Waals surface area contributed by atoms with E-state index in [1.54, 1.807) is 7.11 Å². The number of rotatable bonds is 2. The third-order valence-corrected chi connectivity index (χ3v) is 7.28. The van der Waals surface area contributed by atoms with Crippen LogP contribution in [0.3, 0.4) is 0 Å². The molecular formula is C25H29N3O2. The number of nitrogen functional groups attached to an aromatic ring is 1. The zero-order valence-corrected chi connectivity index (χ0v) is 18.2. The van der Waals surface area contributed by atoms with Gasteiger partial charge in [-0.15, -0.1) is 0 Å². The lowest BCUT2D eigenvalue weighted by Gasteiger charge is -2.36. The fourth-order valence-corrected chi connectivity index (χ4v) is 5.20. The maximum absolute atomic E-state index is 13.3. The van der Waals surface area contributed by atoms with Crippen LogP contribution < -0.4 is 10.5 Å². The first-order chi connectivity index (χ1) is 14.3. The van der Waals surface area contributed by atoms with Gasteiger partial charge in [0.15, 0.2) is 5.78 Å². The van der Waals surface area contributed by atoms with E-state index in [4.69, 9.17) is 15.5 Å². The Balaban J connectivity index is 1.83. The van der Waals surface area contributed by atoms with Gasteiger partial charge in [-0.1, -0.05) is 20.8 Å². The second-order valence-corrected chi connectivity index (χ2v) is 9.46. The van der Waals surface area contributed by atoms with Crippen molar-refractivity contribution >= 4 is 22.5 Å². The van der Waals surface area contributed by atoms with Gasteiger partial charge >= 0.3 is 0 Å². The summed E-state index contributed by atoms with van der Waals surface area (Å²) in [6.07, 6.45) is 5.03. The normalized spacial score (nSPS) is 20.1. The zero-order valence-electron chi connectivity index (χ0n) is 18.2. The third-order valence-electron chi connectivity index (χ3n) is 7.28. The number of methoxy groups -OCH3 is 1. The number of nitrogens with zero attached hydrogens (tertiary/aromatic N) is 2. The summed E-state index contributed by atoms with van der Waals surface area (Å²) in [6, 6.07) is 8.10. The summed E-state index contributed by atoms with van der Waals surface area (Å²) in [5, 5.41) is 0.986. The molecule has 2 aliphatic carbocycles. The van der Waals surface area contributed by atoms with E-state index in [0.717, 1.165) is 60.3 Å². The molecular weight excluding hydrogens is 374 g/mol. The lowest BCUT2D eigenvalue weighted by Crippen LogP contribution is -2.37. The Kier molecular flexibility index (Phi) is 4.21. The molecule has 5 nitrogen and oxygen atoms in total. The molecule has 0 fully saturated rings. The van der Waals surface area contributed by atoms with Crippen LogP contribution in [0.1, 0.15) is 60.9 Å². The highest BCUT2D eigenvalue weighted by molar-refractivity contribution is 6.11. The number of carbonyl (C=O) groups is 1. The number of Topliss-reactive ketones (excluding diaryl/α,β-unsaturated/α-hetero) is 1. The number of aromatic nitrogens is 2. The van der Waals surface area contributed by atoms with Crippen LogP contribution in [0.15, 0.2) is 24.3 Å². The van der Waals surface area contributed by atoms with E-state index in [2.05, 4.69) is 30.5 Å². The summed E-state index contributed by atoms with van der Waals surface area (Å²) in [5.41, 5.74) is 13.3. The summed E-state index contributed by atoms with van der Waals surface area (Å²) in [5.74, 6) is 0.899. The van der Waals surface area contributed by atoms with Crippen LogP contribution in [0.5, 0.6) is 5.75 Å². The molecule has 2 aliphatic rings. The van der Waals surface area contributed by atoms with Gasteiger partial charge in [0, 0.05) is 22.7 Å². The molecule has 1 aromatic carbocycles. The number of ketones is 1. The lowest BCUT2D eigenvalue weighted by molar-refractivity contribution is 0.0789. The minimum Gasteiger partial charge on any atom is -0.497 e. The van der Waals surface area contributed by atoms with Crippen molar-refractivity contribution in [1.29, 1.82) is 0 Å². The van der Waals surface area contributed by atoms with Crippen molar-refractivity contribution in [2.75, 3.05) is 12.8 Å². The van der Waals surface area contributed by atoms with Crippen LogP contribution in [0.25, 0.3) is 16.7 Å². The molecule has 3 aromatic rings. The number of carbonyl (C=O) groups excluding carboxylic acids is 1. The average Bonchev–Trinajstić information content (AvgIpc) is 3.06. The van der Waals surface area contributed by atoms with Gasteiger partial charge in [-0.2, -0.15) is 0 Å². The van der Waals surface area contributed by atoms with E-state index in [9.17, 15) is 4.79 Å². The van der Waals surface area contributed by atoms with Crippen LogP contribution in [0.4, 0.5) is 5.69 Å². The van der Waals surface area contributed by atoms with Gasteiger partial charge < -0.3 is 10.5 Å². The monoisotopic (exact) mass is 403 g/mol. The number of pyridine rings is 1. The second-order valence-electron chi connectivity index (χ2n) is 9.46. The minimum atomic E-state index is -0.131. The van der Waals surface area contributed by atoms with E-state index >= 15 is 0 Å². The first-order valence-corrected chi connectivity index (χ1v) is 10.9. The molecule has 1 unspecified atom stereocenters. The number of benzene rings is 1. The van der Waals surface area contributed by atoms with Crippen LogP contribution in [-0.2, 0) is 19.3 Å². The number of ether oxygens (including phenoxy) is 1. The first kappa shape index (κ1) is 19.2. The third kappa shape index (κ3) is 2.60. The Bertz CT molecular complexity index is 1170. The van der Waals surface area contributed by atoms with Crippen molar-refractivity contribution in [1.82, 2.24) is 9.55 Å². The Morgan fingerprint density at radius 1 is 1.17 bits per heavy atom. The molecule has 0 saturated carbocycles. The molecule has 2 N–H and O–H groups in total. The topological polar surface area (TPSA) is 70.1 Å². The summed E-state index contributed by atoms with van der Waals surface area (Å²) in [7, 11) is 1.68. The standard InChI is InChI=1S/C25H29N3O2/c1-14-23(29)21-18(13-25(14,2)3)27-24-20(22(21)26)17-7-5-6-8-19(17)28(24)15-9-11-16(30-4)12-10-15/h9-12,14H,5-8,13H2,1-4H3,(H2,26,27). The number of nitrogens with two attached hydrogens (primary N) is 1. The summed E-state index contributed by atoms with van der Waals surface area (Å²) < 4.78 is 7.60. The highest BCUT2D eigenvalue weighted by Gasteiger charge is 2.41. The Hall–Kier alpha value is -2.82. The molecule has 2 aromatic heterocycles. The highest BCUT2D eigenvalue weighted by Crippen LogP contribution is 2.45. The Labute approximate surface area is 177 Å². The van der Waals surface area contributed by atoms with Crippen molar-refractivity contribution in [3.8, 4) is 11.4 Å². The van der Waals surface area contributed by atoms with Crippen LogP contribution >= 0.6 is 0 Å². The van der Waals surface area contributed by atoms with Crippen LogP contribution in [-0.4, -0.2) is 22.4 Å². The molecule has 0 saturated heterocycles. The van der Waals surface area contributed by atoms with Gasteiger partial charge in [-0.3, -0.25) is 9.36 Å². The number of hydrogen-bond acceptors (Lipinski definition) is 4. The number of aryl methyl sites for hydroxylation is 1. The van der Waals surface area contributed by atoms with Gasteiger partial charge in [-0.05, 0) is 67.3 Å². The summed E-state index contributed by atoms with van der Waals surface area (Å²) in [6.45, 7) is 6.31. The molecule has 5 rings (SSSR count). The van der Waals surface area contributed by atoms with Gasteiger partial charge in [0.1, 0.15) is 11.4 Å². The molecule has 5 heteroatoms. The van der Waals surface area contributed by atoms with E-state index in [1.165, 1.54) is 11.3 Å². The largest absolute Gasteiger partial charge is 0.497 e. The number of hydrogen-bond donors (Lipinski definition) is 1. The summed E-state index contributed by atoms with van der Waals surface area (Å²) in [4.78, 5) is 18.4. The van der Waals surface area contributed by atoms with E-state index < -0.39 is 0 Å². The van der Waals surface area contributed by atoms with Crippen molar-refractivity contribution in [2.45, 2.75) is 52.9 Å². The average molecular weight is 404 g/mol. The van der Waals surface area contributed by atoms with Crippen molar-refractivity contribution in [3.05, 3.63) is 46.8 Å². The molecule has 0 bridgehead atoms. The predicted octanol–water partition coefficient (Wildman–Crippen LogP) is 4.90. The predicted molar refractivity (Wildman–Crippen MR) is 120 cm³/mol. The maximum Gasteiger partial charge on any atom is 0.170 e. The fourth-order valence-electron chi connectivity index (χ4n) is 5.20. The van der Waals surface area contributed by atoms with E-state index in [0.29, 0.717) is 11.3 Å². The van der Waals surface area contributed by atoms with Crippen LogP contribution in [0, 0.1) is 11.3 Å². The smallest absolute Gasteiger partial charge is 0.170 e. The highest BCUT2D eigenvalue weighted by atomic mass is 16.5. The second kappa shape index (κ2) is 6.59. The van der Waals surface area contributed by atoms with Gasteiger partial charge in [0.05, 0.1) is 24.1 Å².